The van der Waals surface area contributed by atoms with E-state index in [1.807, 2.05) is 6.08 Å². The molecule has 0 aliphatic heterocycles. The third-order valence-electron chi connectivity index (χ3n) is 19.9. The Morgan fingerprint density at radius 2 is 0.543 bits per heavy atom. The van der Waals surface area contributed by atoms with E-state index in [1.54, 1.807) is 6.08 Å². The lowest BCUT2D eigenvalue weighted by molar-refractivity contribution is -0.143. The highest BCUT2D eigenvalue weighted by Crippen LogP contribution is 2.20. The van der Waals surface area contributed by atoms with Crippen LogP contribution in [0, 0.1) is 0 Å². The second-order valence-corrected chi connectivity index (χ2v) is 29.2. The molecule has 0 aliphatic rings. The maximum atomic E-state index is 12.6. The highest BCUT2D eigenvalue weighted by molar-refractivity contribution is 5.76. The normalized spacial score (nSPS) is 12.6. The summed E-state index contributed by atoms with van der Waals surface area (Å²) in [5.74, 6) is -0.0373. The summed E-state index contributed by atoms with van der Waals surface area (Å²) in [6.07, 6.45) is 107. The highest BCUT2D eigenvalue weighted by atomic mass is 16.5. The average molecular weight is 1290 g/mol. The van der Waals surface area contributed by atoms with Crippen molar-refractivity contribution in [2.45, 2.75) is 488 Å². The van der Waals surface area contributed by atoms with Gasteiger partial charge in [-0.15, -0.1) is 0 Å². The van der Waals surface area contributed by atoms with Crippen molar-refractivity contribution in [3.05, 3.63) is 36.5 Å². The Hall–Kier alpha value is -1.92. The van der Waals surface area contributed by atoms with Crippen molar-refractivity contribution in [3.8, 4) is 0 Å². The lowest BCUT2D eigenvalue weighted by atomic mass is 10.0. The number of rotatable bonds is 80. The molecule has 0 bridgehead atoms. The van der Waals surface area contributed by atoms with E-state index < -0.39 is 12.1 Å². The fourth-order valence-corrected chi connectivity index (χ4v) is 13.5. The van der Waals surface area contributed by atoms with Gasteiger partial charge in [0, 0.05) is 12.8 Å². The molecule has 92 heavy (non-hydrogen) atoms. The van der Waals surface area contributed by atoms with E-state index in [4.69, 9.17) is 4.74 Å². The summed E-state index contributed by atoms with van der Waals surface area (Å²) >= 11 is 0. The zero-order valence-corrected chi connectivity index (χ0v) is 62.6. The number of unbranched alkanes of at least 4 members (excludes halogenated alkanes) is 65. The number of allylic oxidation sites excluding steroid dienone is 5. The fourth-order valence-electron chi connectivity index (χ4n) is 13.5. The van der Waals surface area contributed by atoms with Crippen LogP contribution in [0.4, 0.5) is 0 Å². The van der Waals surface area contributed by atoms with Crippen LogP contribution in [0.5, 0.6) is 0 Å². The minimum atomic E-state index is -0.844. The number of hydrogen-bond acceptors (Lipinski definition) is 5. The third-order valence-corrected chi connectivity index (χ3v) is 19.9. The first-order valence-corrected chi connectivity index (χ1v) is 42.3. The number of amides is 1. The molecule has 6 heteroatoms. The van der Waals surface area contributed by atoms with Crippen LogP contribution in [0.1, 0.15) is 476 Å². The van der Waals surface area contributed by atoms with Crippen LogP contribution in [0.15, 0.2) is 36.5 Å². The Labute approximate surface area is 576 Å². The van der Waals surface area contributed by atoms with Crippen LogP contribution in [0.3, 0.4) is 0 Å². The summed E-state index contributed by atoms with van der Waals surface area (Å²) in [5.41, 5.74) is 0. The Kier molecular flexibility index (Phi) is 79.8. The smallest absolute Gasteiger partial charge is 0.305 e. The molecule has 2 atom stereocenters. The van der Waals surface area contributed by atoms with Crippen molar-refractivity contribution in [3.63, 3.8) is 0 Å². The summed E-state index contributed by atoms with van der Waals surface area (Å²) in [6, 6.07) is -0.627. The predicted octanol–water partition coefficient (Wildman–Crippen LogP) is 28.2. The molecular weight excluding hydrogens is 1130 g/mol. The summed E-state index contributed by atoms with van der Waals surface area (Å²) in [7, 11) is 0. The highest BCUT2D eigenvalue weighted by Gasteiger charge is 2.18. The van der Waals surface area contributed by atoms with E-state index in [0.29, 0.717) is 19.4 Å². The first-order chi connectivity index (χ1) is 45.5. The van der Waals surface area contributed by atoms with Crippen molar-refractivity contribution in [2.75, 3.05) is 13.2 Å². The molecule has 0 heterocycles. The van der Waals surface area contributed by atoms with Gasteiger partial charge in [0.25, 0.3) is 0 Å². The number of aliphatic hydroxyl groups is 2. The first-order valence-electron chi connectivity index (χ1n) is 42.3. The third kappa shape index (κ3) is 77.1. The standard InChI is InChI=1S/C86H165NO5/c1-3-5-7-9-11-13-15-17-19-21-22-23-41-44-47-50-54-58-62-66-70-74-78-84(89)83(82-88)87-85(90)79-75-71-67-63-59-55-51-48-45-42-39-37-35-33-31-29-27-25-24-26-28-30-32-34-36-38-40-43-46-49-53-57-61-65-69-73-77-81-92-86(91)80-76-72-68-64-60-56-52-20-18-16-14-12-10-8-6-4-2/h24,26,30,32,74,78,83-84,88-89H,3-23,25,27-29,31,33-73,75-77,79-82H2,1-2H3,(H,87,90)/b26-24-,32-30-,78-74+. The van der Waals surface area contributed by atoms with E-state index in [2.05, 4.69) is 43.5 Å². The number of carbonyl (C=O) groups excluding carboxylic acids is 2. The molecule has 3 N–H and O–H groups in total. The number of carbonyl (C=O) groups is 2. The van der Waals surface area contributed by atoms with Crippen LogP contribution in [0.2, 0.25) is 0 Å². The second kappa shape index (κ2) is 81.5. The predicted molar refractivity (Wildman–Crippen MR) is 407 cm³/mol. The molecule has 0 aromatic rings. The molecule has 544 valence electrons. The Morgan fingerprint density at radius 1 is 0.304 bits per heavy atom. The summed E-state index contributed by atoms with van der Waals surface area (Å²) in [5, 5.41) is 23.3. The van der Waals surface area contributed by atoms with Gasteiger partial charge in [0.15, 0.2) is 0 Å². The van der Waals surface area contributed by atoms with Crippen molar-refractivity contribution < 1.29 is 24.5 Å². The number of aliphatic hydroxyl groups excluding tert-OH is 2. The number of nitrogens with one attached hydrogen (secondary N) is 1. The van der Waals surface area contributed by atoms with Gasteiger partial charge in [0.2, 0.25) is 5.91 Å². The van der Waals surface area contributed by atoms with Gasteiger partial charge in [0.05, 0.1) is 25.4 Å². The van der Waals surface area contributed by atoms with Gasteiger partial charge in [-0.1, -0.05) is 436 Å². The van der Waals surface area contributed by atoms with E-state index in [-0.39, 0.29) is 18.5 Å². The van der Waals surface area contributed by atoms with Gasteiger partial charge >= 0.3 is 5.97 Å². The molecule has 0 radical (unpaired) electrons. The lowest BCUT2D eigenvalue weighted by Gasteiger charge is -2.20. The van der Waals surface area contributed by atoms with Crippen LogP contribution < -0.4 is 5.32 Å². The molecular formula is C86H165NO5. The van der Waals surface area contributed by atoms with Gasteiger partial charge < -0.3 is 20.3 Å². The van der Waals surface area contributed by atoms with Crippen molar-refractivity contribution >= 4 is 11.9 Å². The zero-order chi connectivity index (χ0) is 66.3. The van der Waals surface area contributed by atoms with Gasteiger partial charge in [-0.3, -0.25) is 9.59 Å². The molecule has 1 amide bonds. The maximum absolute atomic E-state index is 12.6. The molecule has 2 unspecified atom stereocenters. The minimum Gasteiger partial charge on any atom is -0.466 e. The monoisotopic (exact) mass is 1290 g/mol. The van der Waals surface area contributed by atoms with Gasteiger partial charge in [-0.2, -0.15) is 0 Å². The average Bonchev–Trinajstić information content (AvgIpc) is 3.66. The van der Waals surface area contributed by atoms with Gasteiger partial charge in [0.1, 0.15) is 0 Å². The molecule has 0 saturated carbocycles. The molecule has 0 aromatic carbocycles. The largest absolute Gasteiger partial charge is 0.466 e. The lowest BCUT2D eigenvalue weighted by Crippen LogP contribution is -2.45. The molecule has 0 fully saturated rings. The second-order valence-electron chi connectivity index (χ2n) is 29.2. The van der Waals surface area contributed by atoms with Crippen LogP contribution in [0.25, 0.3) is 0 Å². The molecule has 0 saturated heterocycles. The van der Waals surface area contributed by atoms with Gasteiger partial charge in [-0.05, 0) is 64.2 Å². The summed E-state index contributed by atoms with van der Waals surface area (Å²) in [6.45, 7) is 4.96. The molecule has 0 aromatic heterocycles. The van der Waals surface area contributed by atoms with Crippen LogP contribution in [-0.4, -0.2) is 47.4 Å². The van der Waals surface area contributed by atoms with Crippen LogP contribution in [-0.2, 0) is 14.3 Å². The Balaban J connectivity index is 3.37. The molecule has 6 nitrogen and oxygen atoms in total. The van der Waals surface area contributed by atoms with E-state index in [9.17, 15) is 19.8 Å². The summed E-state index contributed by atoms with van der Waals surface area (Å²) < 4.78 is 5.51. The van der Waals surface area contributed by atoms with Crippen molar-refractivity contribution in [2.24, 2.45) is 0 Å². The molecule has 0 rings (SSSR count). The fraction of sp³-hybridized carbons (Fsp3) is 0.907. The number of hydrogen-bond donors (Lipinski definition) is 3. The van der Waals surface area contributed by atoms with E-state index >= 15 is 0 Å². The molecule has 0 spiro atoms. The van der Waals surface area contributed by atoms with Crippen LogP contribution >= 0.6 is 0 Å². The number of esters is 1. The minimum absolute atomic E-state index is 0.0230. The molecule has 0 aliphatic carbocycles. The quantitative estimate of drug-likeness (QED) is 0.0320. The van der Waals surface area contributed by atoms with E-state index in [1.165, 1.54) is 405 Å². The SMILES string of the molecule is CCCCCCCCCCCCCCCCCCCCCC/C=C/C(O)C(CO)NC(=O)CCCCCCCCCCCCCCCCCCC/C=C\C/C=C\CCCCCCCCCCCCCCCOC(=O)CCCCCCCCCCCCCCCCCC. The Bertz CT molecular complexity index is 1490. The Morgan fingerprint density at radius 3 is 0.826 bits per heavy atom. The van der Waals surface area contributed by atoms with Crippen molar-refractivity contribution in [1.29, 1.82) is 0 Å². The number of ether oxygens (including phenoxy) is 1. The maximum Gasteiger partial charge on any atom is 0.305 e. The zero-order valence-electron chi connectivity index (χ0n) is 62.6. The summed E-state index contributed by atoms with van der Waals surface area (Å²) in [4.78, 5) is 24.7. The topological polar surface area (TPSA) is 95.9 Å². The van der Waals surface area contributed by atoms with Crippen molar-refractivity contribution in [1.82, 2.24) is 5.32 Å². The first kappa shape index (κ1) is 90.1. The van der Waals surface area contributed by atoms with E-state index in [0.717, 1.165) is 44.9 Å². The van der Waals surface area contributed by atoms with Gasteiger partial charge in [-0.25, -0.2) is 0 Å².